The largest absolute Gasteiger partial charge is 0.461 e. The predicted octanol–water partition coefficient (Wildman–Crippen LogP) is 1.82. The first-order valence-electron chi connectivity index (χ1n) is 6.82. The Morgan fingerprint density at radius 1 is 1.32 bits per heavy atom. The van der Waals surface area contributed by atoms with Crippen molar-refractivity contribution in [2.24, 2.45) is 0 Å². The zero-order valence-electron chi connectivity index (χ0n) is 12.0. The molecule has 22 heavy (non-hydrogen) atoms. The van der Waals surface area contributed by atoms with Gasteiger partial charge in [0.15, 0.2) is 5.69 Å². The first-order chi connectivity index (χ1) is 10.7. The number of nitrogens with zero attached hydrogens (tertiary/aromatic N) is 4. The predicted molar refractivity (Wildman–Crippen MR) is 81.1 cm³/mol. The second-order valence-electron chi connectivity index (χ2n) is 4.52. The molecule has 0 radical (unpaired) electrons. The summed E-state index contributed by atoms with van der Waals surface area (Å²) in [4.78, 5) is 16.0. The Morgan fingerprint density at radius 2 is 2.09 bits per heavy atom. The highest BCUT2D eigenvalue weighted by Crippen LogP contribution is 2.17. The first-order valence-corrected chi connectivity index (χ1v) is 6.82. The van der Waals surface area contributed by atoms with Gasteiger partial charge in [-0.25, -0.2) is 9.78 Å². The Hall–Kier alpha value is -3.09. The van der Waals surface area contributed by atoms with Gasteiger partial charge in [-0.15, -0.1) is 0 Å². The standard InChI is InChI=1S/C15H15N5O2/c1-2-22-14(21)12-10-13(16)20(18-12)15-17-8-9-19(15)11-6-4-3-5-7-11/h3-10H,2,16H2,1H3. The third-order valence-corrected chi connectivity index (χ3v) is 3.07. The van der Waals surface area contributed by atoms with E-state index in [0.717, 1.165) is 5.69 Å². The molecule has 0 amide bonds. The van der Waals surface area contributed by atoms with Crippen LogP contribution in [0.25, 0.3) is 11.6 Å². The lowest BCUT2D eigenvalue weighted by Gasteiger charge is -2.08. The molecule has 2 N–H and O–H groups in total. The maximum atomic E-state index is 11.8. The van der Waals surface area contributed by atoms with Gasteiger partial charge in [-0.3, -0.25) is 4.57 Å². The molecule has 0 saturated carbocycles. The minimum atomic E-state index is -0.509. The van der Waals surface area contributed by atoms with E-state index in [4.69, 9.17) is 10.5 Å². The van der Waals surface area contributed by atoms with Gasteiger partial charge < -0.3 is 10.5 Å². The zero-order valence-corrected chi connectivity index (χ0v) is 12.0. The fraction of sp³-hybridized carbons (Fsp3) is 0.133. The van der Waals surface area contributed by atoms with Crippen LogP contribution in [0.2, 0.25) is 0 Å². The number of anilines is 1. The average molecular weight is 297 g/mol. The van der Waals surface area contributed by atoms with Crippen LogP contribution >= 0.6 is 0 Å². The number of imidazole rings is 1. The highest BCUT2D eigenvalue weighted by atomic mass is 16.5. The summed E-state index contributed by atoms with van der Waals surface area (Å²) in [6, 6.07) is 11.1. The Bertz CT molecular complexity index is 791. The molecule has 0 saturated heterocycles. The Morgan fingerprint density at radius 3 is 2.82 bits per heavy atom. The molecule has 0 fully saturated rings. The number of rotatable bonds is 4. The molecule has 1 aromatic carbocycles. The quantitative estimate of drug-likeness (QED) is 0.742. The van der Waals surface area contributed by atoms with Crippen LogP contribution in [0.4, 0.5) is 5.82 Å². The highest BCUT2D eigenvalue weighted by Gasteiger charge is 2.17. The summed E-state index contributed by atoms with van der Waals surface area (Å²) in [6.07, 6.45) is 3.45. The minimum Gasteiger partial charge on any atom is -0.461 e. The van der Waals surface area contributed by atoms with Crippen molar-refractivity contribution in [3.05, 3.63) is 54.5 Å². The number of hydrogen-bond acceptors (Lipinski definition) is 5. The zero-order chi connectivity index (χ0) is 15.5. The number of carbonyl (C=O) groups is 1. The Balaban J connectivity index is 2.03. The van der Waals surface area contributed by atoms with Crippen molar-refractivity contribution in [2.75, 3.05) is 12.3 Å². The van der Waals surface area contributed by atoms with E-state index in [0.29, 0.717) is 11.8 Å². The third-order valence-electron chi connectivity index (χ3n) is 3.07. The van der Waals surface area contributed by atoms with Crippen LogP contribution in [0.5, 0.6) is 0 Å². The number of hydrogen-bond donors (Lipinski definition) is 1. The van der Waals surface area contributed by atoms with Crippen molar-refractivity contribution in [1.82, 2.24) is 19.3 Å². The molecule has 3 aromatic rings. The molecule has 0 aliphatic rings. The summed E-state index contributed by atoms with van der Waals surface area (Å²) >= 11 is 0. The first kappa shape index (κ1) is 13.9. The van der Waals surface area contributed by atoms with E-state index in [1.54, 1.807) is 19.3 Å². The number of carbonyl (C=O) groups excluding carboxylic acids is 1. The number of esters is 1. The fourth-order valence-electron chi connectivity index (χ4n) is 2.10. The van der Waals surface area contributed by atoms with E-state index in [1.165, 1.54) is 10.7 Å². The van der Waals surface area contributed by atoms with Gasteiger partial charge in [-0.05, 0) is 19.1 Å². The summed E-state index contributed by atoms with van der Waals surface area (Å²) in [5.74, 6) is 0.302. The van der Waals surface area contributed by atoms with Gasteiger partial charge in [-0.2, -0.15) is 9.78 Å². The molecule has 3 rings (SSSR count). The van der Waals surface area contributed by atoms with Crippen molar-refractivity contribution in [2.45, 2.75) is 6.92 Å². The lowest BCUT2D eigenvalue weighted by Crippen LogP contribution is -2.10. The maximum Gasteiger partial charge on any atom is 0.358 e. The van der Waals surface area contributed by atoms with Gasteiger partial charge >= 0.3 is 5.97 Å². The average Bonchev–Trinajstić information content (AvgIpc) is 3.14. The molecule has 0 unspecified atom stereocenters. The molecule has 2 aromatic heterocycles. The molecule has 7 nitrogen and oxygen atoms in total. The van der Waals surface area contributed by atoms with Crippen LogP contribution < -0.4 is 5.73 Å². The van der Waals surface area contributed by atoms with Crippen molar-refractivity contribution >= 4 is 11.8 Å². The second-order valence-corrected chi connectivity index (χ2v) is 4.52. The number of aromatic nitrogens is 4. The number of ether oxygens (including phenoxy) is 1. The molecule has 0 spiro atoms. The number of benzene rings is 1. The maximum absolute atomic E-state index is 11.8. The summed E-state index contributed by atoms with van der Waals surface area (Å²) in [6.45, 7) is 2.02. The van der Waals surface area contributed by atoms with Gasteiger partial charge in [0.05, 0.1) is 6.61 Å². The second kappa shape index (κ2) is 5.72. The fourth-order valence-corrected chi connectivity index (χ4v) is 2.10. The number of para-hydroxylation sites is 1. The van der Waals surface area contributed by atoms with E-state index < -0.39 is 5.97 Å². The topological polar surface area (TPSA) is 88.0 Å². The molecule has 0 atom stereocenters. The van der Waals surface area contributed by atoms with Crippen LogP contribution in [-0.2, 0) is 4.74 Å². The third kappa shape index (κ3) is 2.44. The van der Waals surface area contributed by atoms with E-state index in [2.05, 4.69) is 10.1 Å². The molecule has 2 heterocycles. The van der Waals surface area contributed by atoms with Crippen molar-refractivity contribution in [3.8, 4) is 11.6 Å². The van der Waals surface area contributed by atoms with E-state index in [1.807, 2.05) is 34.9 Å². The Labute approximate surface area is 127 Å². The lowest BCUT2D eigenvalue weighted by molar-refractivity contribution is 0.0519. The van der Waals surface area contributed by atoms with Crippen LogP contribution in [-0.4, -0.2) is 31.9 Å². The van der Waals surface area contributed by atoms with Crippen LogP contribution in [0.3, 0.4) is 0 Å². The summed E-state index contributed by atoms with van der Waals surface area (Å²) < 4.78 is 8.18. The van der Waals surface area contributed by atoms with Gasteiger partial charge in [0.25, 0.3) is 0 Å². The molecular weight excluding hydrogens is 282 g/mol. The van der Waals surface area contributed by atoms with Crippen LogP contribution in [0.15, 0.2) is 48.8 Å². The van der Waals surface area contributed by atoms with Gasteiger partial charge in [0, 0.05) is 24.1 Å². The van der Waals surface area contributed by atoms with E-state index in [9.17, 15) is 4.79 Å². The smallest absolute Gasteiger partial charge is 0.358 e. The van der Waals surface area contributed by atoms with Gasteiger partial charge in [-0.1, -0.05) is 18.2 Å². The normalized spacial score (nSPS) is 10.6. The van der Waals surface area contributed by atoms with Crippen molar-refractivity contribution in [3.63, 3.8) is 0 Å². The van der Waals surface area contributed by atoms with E-state index in [-0.39, 0.29) is 12.3 Å². The minimum absolute atomic E-state index is 0.155. The van der Waals surface area contributed by atoms with E-state index >= 15 is 0 Å². The van der Waals surface area contributed by atoms with Crippen LogP contribution in [0.1, 0.15) is 17.4 Å². The SMILES string of the molecule is CCOC(=O)c1cc(N)n(-c2nccn2-c2ccccc2)n1. The molecule has 0 bridgehead atoms. The highest BCUT2D eigenvalue weighted by molar-refractivity contribution is 5.88. The summed E-state index contributed by atoms with van der Waals surface area (Å²) in [5, 5.41) is 4.19. The van der Waals surface area contributed by atoms with Gasteiger partial charge in [0.2, 0.25) is 5.95 Å². The van der Waals surface area contributed by atoms with Gasteiger partial charge in [0.1, 0.15) is 5.82 Å². The number of nitrogens with two attached hydrogens (primary N) is 1. The number of nitrogen functional groups attached to an aromatic ring is 1. The summed E-state index contributed by atoms with van der Waals surface area (Å²) in [5.41, 5.74) is 7.03. The lowest BCUT2D eigenvalue weighted by atomic mass is 10.3. The molecular formula is C15H15N5O2. The van der Waals surface area contributed by atoms with Crippen LogP contribution in [0, 0.1) is 0 Å². The molecule has 7 heteroatoms. The van der Waals surface area contributed by atoms with Crippen molar-refractivity contribution < 1.29 is 9.53 Å². The molecule has 0 aliphatic carbocycles. The molecule has 0 aliphatic heterocycles. The Kier molecular flexibility index (Phi) is 3.61. The van der Waals surface area contributed by atoms with Crippen molar-refractivity contribution in [1.29, 1.82) is 0 Å². The molecule has 112 valence electrons. The summed E-state index contributed by atoms with van der Waals surface area (Å²) in [7, 11) is 0. The monoisotopic (exact) mass is 297 g/mol.